The molecule has 13 heavy (non-hydrogen) atoms. The maximum atomic E-state index is 9.72. The molecule has 0 fully saturated rings. The fourth-order valence-corrected chi connectivity index (χ4v) is 1.24. The van der Waals surface area contributed by atoms with Gasteiger partial charge in [0.15, 0.2) is 0 Å². The first-order valence-electron chi connectivity index (χ1n) is 5.11. The van der Waals surface area contributed by atoms with Gasteiger partial charge in [-0.05, 0) is 24.2 Å². The van der Waals surface area contributed by atoms with Crippen LogP contribution < -0.4 is 0 Å². The molecule has 2 nitrogen and oxygen atoms in total. The molecule has 2 unspecified atom stereocenters. The fourth-order valence-electron chi connectivity index (χ4n) is 1.24. The lowest BCUT2D eigenvalue weighted by Gasteiger charge is -2.30. The summed E-state index contributed by atoms with van der Waals surface area (Å²) in [5.41, 5.74) is -0.226. The second kappa shape index (κ2) is 4.97. The maximum absolute atomic E-state index is 9.72. The molecule has 0 radical (unpaired) electrons. The van der Waals surface area contributed by atoms with E-state index in [0.29, 0.717) is 12.3 Å². The molecular formula is C11H24O2. The van der Waals surface area contributed by atoms with Crippen LogP contribution in [0.2, 0.25) is 0 Å². The van der Waals surface area contributed by atoms with Crippen molar-refractivity contribution in [3.05, 3.63) is 0 Å². The lowest BCUT2D eigenvalue weighted by atomic mass is 9.84. The zero-order valence-corrected chi connectivity index (χ0v) is 9.54. The predicted octanol–water partition coefficient (Wildman–Crippen LogP) is 2.19. The Morgan fingerprint density at radius 3 is 1.77 bits per heavy atom. The molecule has 0 aromatic rings. The zero-order chi connectivity index (χ0) is 10.6. The molecule has 0 spiro atoms. The first kappa shape index (κ1) is 12.9. The van der Waals surface area contributed by atoms with Gasteiger partial charge in [0.1, 0.15) is 0 Å². The van der Waals surface area contributed by atoms with E-state index < -0.39 is 12.2 Å². The molecule has 0 aliphatic carbocycles. The highest BCUT2D eigenvalue weighted by atomic mass is 16.3. The first-order chi connectivity index (χ1) is 5.75. The normalized spacial score (nSPS) is 17.5. The molecule has 80 valence electrons. The molecule has 0 saturated heterocycles. The minimum absolute atomic E-state index is 0.226. The van der Waals surface area contributed by atoms with Crippen LogP contribution in [0.4, 0.5) is 0 Å². The first-order valence-corrected chi connectivity index (χ1v) is 5.11. The van der Waals surface area contributed by atoms with Gasteiger partial charge in [0.05, 0.1) is 12.2 Å². The van der Waals surface area contributed by atoms with Crippen molar-refractivity contribution >= 4 is 0 Å². The predicted molar refractivity (Wildman–Crippen MR) is 55.5 cm³/mol. The Hall–Kier alpha value is -0.0800. The van der Waals surface area contributed by atoms with Gasteiger partial charge in [0.25, 0.3) is 0 Å². The van der Waals surface area contributed by atoms with Crippen molar-refractivity contribution in [2.45, 2.75) is 59.7 Å². The van der Waals surface area contributed by atoms with Crippen LogP contribution in [-0.2, 0) is 0 Å². The summed E-state index contributed by atoms with van der Waals surface area (Å²) in [5.74, 6) is 0.585. The summed E-state index contributed by atoms with van der Waals surface area (Å²) in [6.07, 6.45) is 0.457. The highest BCUT2D eigenvalue weighted by Crippen LogP contribution is 2.24. The zero-order valence-electron chi connectivity index (χ0n) is 9.54. The molecule has 0 aliphatic heterocycles. The van der Waals surface area contributed by atoms with E-state index in [-0.39, 0.29) is 5.41 Å². The molecule has 2 N–H and O–H groups in total. The standard InChI is InChI=1S/C11H24O2/c1-8(2)6-7-9(12)10(13)11(3,4)5/h8-10,12-13H,6-7H2,1-5H3. The number of hydrogen-bond donors (Lipinski definition) is 2. The van der Waals surface area contributed by atoms with E-state index in [0.717, 1.165) is 6.42 Å². The third-order valence-electron chi connectivity index (χ3n) is 2.29. The van der Waals surface area contributed by atoms with Crippen molar-refractivity contribution in [3.8, 4) is 0 Å². The van der Waals surface area contributed by atoms with Crippen LogP contribution in [0.1, 0.15) is 47.5 Å². The smallest absolute Gasteiger partial charge is 0.0847 e. The molecule has 2 atom stereocenters. The van der Waals surface area contributed by atoms with E-state index >= 15 is 0 Å². The summed E-state index contributed by atoms with van der Waals surface area (Å²) in [6, 6.07) is 0. The Balaban J connectivity index is 3.90. The summed E-state index contributed by atoms with van der Waals surface area (Å²) in [7, 11) is 0. The van der Waals surface area contributed by atoms with Crippen molar-refractivity contribution < 1.29 is 10.2 Å². The molecule has 0 rings (SSSR count). The Morgan fingerprint density at radius 1 is 1.00 bits per heavy atom. The van der Waals surface area contributed by atoms with E-state index in [1.165, 1.54) is 0 Å². The summed E-state index contributed by atoms with van der Waals surface area (Å²) >= 11 is 0. The quantitative estimate of drug-likeness (QED) is 0.710. The van der Waals surface area contributed by atoms with Crippen LogP contribution in [0.3, 0.4) is 0 Å². The van der Waals surface area contributed by atoms with Crippen LogP contribution in [0, 0.1) is 11.3 Å². The lowest BCUT2D eigenvalue weighted by molar-refractivity contribution is -0.0490. The third-order valence-corrected chi connectivity index (χ3v) is 2.29. The summed E-state index contributed by atoms with van der Waals surface area (Å²) in [5, 5.41) is 19.4. The SMILES string of the molecule is CC(C)CCC(O)C(O)C(C)(C)C. The van der Waals surface area contributed by atoms with Crippen molar-refractivity contribution in [2.24, 2.45) is 11.3 Å². The Morgan fingerprint density at radius 2 is 1.46 bits per heavy atom. The maximum Gasteiger partial charge on any atom is 0.0847 e. The second-order valence-corrected chi connectivity index (χ2v) is 5.35. The third kappa shape index (κ3) is 5.27. The molecule has 0 aliphatic rings. The summed E-state index contributed by atoms with van der Waals surface area (Å²) in [6.45, 7) is 10.1. The van der Waals surface area contributed by atoms with Crippen LogP contribution in [0.25, 0.3) is 0 Å². The van der Waals surface area contributed by atoms with E-state index in [4.69, 9.17) is 0 Å². The molecule has 0 saturated carbocycles. The van der Waals surface area contributed by atoms with Gasteiger partial charge in [0, 0.05) is 0 Å². The number of aliphatic hydroxyl groups excluding tert-OH is 2. The van der Waals surface area contributed by atoms with Gasteiger partial charge in [-0.2, -0.15) is 0 Å². The van der Waals surface area contributed by atoms with Crippen molar-refractivity contribution in [1.82, 2.24) is 0 Å². The van der Waals surface area contributed by atoms with Crippen LogP contribution >= 0.6 is 0 Å². The largest absolute Gasteiger partial charge is 0.390 e. The Bertz CT molecular complexity index is 136. The van der Waals surface area contributed by atoms with E-state index in [2.05, 4.69) is 13.8 Å². The number of aliphatic hydroxyl groups is 2. The molecule has 0 heterocycles. The summed E-state index contributed by atoms with van der Waals surface area (Å²) in [4.78, 5) is 0. The lowest BCUT2D eigenvalue weighted by Crippen LogP contribution is -2.37. The molecule has 0 amide bonds. The highest BCUT2D eigenvalue weighted by molar-refractivity contribution is 4.79. The fraction of sp³-hybridized carbons (Fsp3) is 1.00. The number of rotatable bonds is 4. The molecule has 0 bridgehead atoms. The van der Waals surface area contributed by atoms with Gasteiger partial charge in [-0.1, -0.05) is 34.6 Å². The van der Waals surface area contributed by atoms with Gasteiger partial charge in [-0.15, -0.1) is 0 Å². The van der Waals surface area contributed by atoms with E-state index in [9.17, 15) is 10.2 Å². The van der Waals surface area contributed by atoms with E-state index in [1.807, 2.05) is 20.8 Å². The monoisotopic (exact) mass is 188 g/mol. The average molecular weight is 188 g/mol. The second-order valence-electron chi connectivity index (χ2n) is 5.35. The van der Waals surface area contributed by atoms with Gasteiger partial charge >= 0.3 is 0 Å². The topological polar surface area (TPSA) is 40.5 Å². The minimum atomic E-state index is -0.619. The minimum Gasteiger partial charge on any atom is -0.390 e. The van der Waals surface area contributed by atoms with Crippen LogP contribution in [-0.4, -0.2) is 22.4 Å². The molecule has 0 aromatic heterocycles. The van der Waals surface area contributed by atoms with Gasteiger partial charge in [-0.25, -0.2) is 0 Å². The van der Waals surface area contributed by atoms with E-state index in [1.54, 1.807) is 0 Å². The Kier molecular flexibility index (Phi) is 4.93. The summed E-state index contributed by atoms with van der Waals surface area (Å²) < 4.78 is 0. The Labute approximate surface area is 82.0 Å². The van der Waals surface area contributed by atoms with Gasteiger partial charge < -0.3 is 10.2 Å². The van der Waals surface area contributed by atoms with Gasteiger partial charge in [0.2, 0.25) is 0 Å². The molecule has 0 aromatic carbocycles. The highest BCUT2D eigenvalue weighted by Gasteiger charge is 2.28. The van der Waals surface area contributed by atoms with Crippen LogP contribution in [0.5, 0.6) is 0 Å². The molecular weight excluding hydrogens is 164 g/mol. The van der Waals surface area contributed by atoms with Crippen molar-refractivity contribution in [3.63, 3.8) is 0 Å². The average Bonchev–Trinajstić information content (AvgIpc) is 1.96. The molecule has 2 heteroatoms. The van der Waals surface area contributed by atoms with Crippen LogP contribution in [0.15, 0.2) is 0 Å². The van der Waals surface area contributed by atoms with Crippen molar-refractivity contribution in [1.29, 1.82) is 0 Å². The van der Waals surface area contributed by atoms with Crippen molar-refractivity contribution in [2.75, 3.05) is 0 Å². The number of hydrogen-bond acceptors (Lipinski definition) is 2. The van der Waals surface area contributed by atoms with Gasteiger partial charge in [-0.3, -0.25) is 0 Å².